The molecule has 1 amide bonds. The summed E-state index contributed by atoms with van der Waals surface area (Å²) in [5, 5.41) is 12.7. The Labute approximate surface area is 167 Å². The van der Waals surface area contributed by atoms with Crippen molar-refractivity contribution in [2.75, 3.05) is 13.1 Å². The number of amides is 1. The summed E-state index contributed by atoms with van der Waals surface area (Å²) in [5.41, 5.74) is 9.60. The molecule has 2 aromatic carbocycles. The molecule has 150 valence electrons. The van der Waals surface area contributed by atoms with Crippen LogP contribution in [0.4, 0.5) is 0 Å². The van der Waals surface area contributed by atoms with Crippen LogP contribution in [0.5, 0.6) is 0 Å². The third-order valence-electron chi connectivity index (χ3n) is 5.66. The summed E-state index contributed by atoms with van der Waals surface area (Å²) in [6.45, 7) is 5.03. The Bertz CT molecular complexity index is 757. The molecule has 28 heavy (non-hydrogen) atoms. The number of aliphatic hydroxyl groups is 1. The molecule has 1 aliphatic rings. The topological polar surface area (TPSA) is 78.6 Å². The first-order valence-electron chi connectivity index (χ1n) is 10.1. The van der Waals surface area contributed by atoms with Gasteiger partial charge >= 0.3 is 0 Å². The van der Waals surface area contributed by atoms with Crippen molar-refractivity contribution >= 4 is 5.91 Å². The molecular formula is C23H31N3O2. The van der Waals surface area contributed by atoms with Crippen molar-refractivity contribution in [3.63, 3.8) is 0 Å². The van der Waals surface area contributed by atoms with Crippen molar-refractivity contribution in [1.82, 2.24) is 10.2 Å². The van der Waals surface area contributed by atoms with Crippen LogP contribution in [0.15, 0.2) is 54.6 Å². The van der Waals surface area contributed by atoms with Crippen molar-refractivity contribution in [2.45, 2.75) is 45.0 Å². The molecule has 2 atom stereocenters. The van der Waals surface area contributed by atoms with Crippen molar-refractivity contribution < 1.29 is 9.90 Å². The molecule has 5 heteroatoms. The van der Waals surface area contributed by atoms with E-state index >= 15 is 0 Å². The van der Waals surface area contributed by atoms with Gasteiger partial charge in [-0.1, -0.05) is 61.5 Å². The van der Waals surface area contributed by atoms with E-state index in [2.05, 4.69) is 22.3 Å². The average molecular weight is 382 g/mol. The summed E-state index contributed by atoms with van der Waals surface area (Å²) in [5.74, 6) is -0.342. The molecule has 4 N–H and O–H groups in total. The van der Waals surface area contributed by atoms with Crippen LogP contribution >= 0.6 is 0 Å². The Kier molecular flexibility index (Phi) is 7.20. The van der Waals surface area contributed by atoms with Gasteiger partial charge in [-0.25, -0.2) is 0 Å². The third-order valence-corrected chi connectivity index (χ3v) is 5.66. The third kappa shape index (κ3) is 5.41. The number of aliphatic hydroxyl groups excluding tert-OH is 1. The molecule has 1 fully saturated rings. The Morgan fingerprint density at radius 3 is 2.39 bits per heavy atom. The van der Waals surface area contributed by atoms with Crippen molar-refractivity contribution in [3.8, 4) is 0 Å². The van der Waals surface area contributed by atoms with Gasteiger partial charge < -0.3 is 16.2 Å². The molecule has 0 bridgehead atoms. The molecule has 2 aromatic rings. The quantitative estimate of drug-likeness (QED) is 0.689. The number of hydrogen-bond acceptors (Lipinski definition) is 4. The van der Waals surface area contributed by atoms with Gasteiger partial charge in [-0.3, -0.25) is 9.69 Å². The van der Waals surface area contributed by atoms with Gasteiger partial charge in [0.25, 0.3) is 0 Å². The van der Waals surface area contributed by atoms with Gasteiger partial charge in [0, 0.05) is 32.2 Å². The summed E-state index contributed by atoms with van der Waals surface area (Å²) < 4.78 is 0. The molecule has 1 saturated heterocycles. The van der Waals surface area contributed by atoms with Crippen LogP contribution in [0.3, 0.4) is 0 Å². The van der Waals surface area contributed by atoms with E-state index in [0.29, 0.717) is 6.54 Å². The maximum absolute atomic E-state index is 12.6. The average Bonchev–Trinajstić information content (AvgIpc) is 2.74. The fourth-order valence-corrected chi connectivity index (χ4v) is 3.67. The van der Waals surface area contributed by atoms with E-state index in [9.17, 15) is 9.90 Å². The van der Waals surface area contributed by atoms with Gasteiger partial charge in [-0.15, -0.1) is 0 Å². The second-order valence-corrected chi connectivity index (χ2v) is 7.72. The van der Waals surface area contributed by atoms with Crippen LogP contribution in [-0.2, 0) is 17.9 Å². The van der Waals surface area contributed by atoms with Crippen LogP contribution in [0.1, 0.15) is 42.5 Å². The molecular weight excluding hydrogens is 350 g/mol. The lowest BCUT2D eigenvalue weighted by Gasteiger charge is -2.30. The van der Waals surface area contributed by atoms with Gasteiger partial charge in [0.2, 0.25) is 5.91 Å². The molecule has 1 aliphatic heterocycles. The second kappa shape index (κ2) is 9.82. The normalized spacial score (nSPS) is 17.8. The van der Waals surface area contributed by atoms with Crippen molar-refractivity contribution in [1.29, 1.82) is 0 Å². The number of carbonyl (C=O) groups excluding carboxylic acids is 1. The van der Waals surface area contributed by atoms with E-state index in [1.54, 1.807) is 0 Å². The zero-order valence-corrected chi connectivity index (χ0v) is 16.6. The number of piperidine rings is 1. The van der Waals surface area contributed by atoms with Gasteiger partial charge in [0.1, 0.15) is 0 Å². The largest absolute Gasteiger partial charge is 0.393 e. The zero-order chi connectivity index (χ0) is 19.9. The first-order valence-corrected chi connectivity index (χ1v) is 10.1. The fraction of sp³-hybridized carbons (Fsp3) is 0.435. The summed E-state index contributed by atoms with van der Waals surface area (Å²) in [6.07, 6.45) is 1.49. The summed E-state index contributed by atoms with van der Waals surface area (Å²) in [6, 6.07) is 17.6. The number of rotatable bonds is 7. The summed E-state index contributed by atoms with van der Waals surface area (Å²) in [4.78, 5) is 15.0. The van der Waals surface area contributed by atoms with Gasteiger partial charge in [-0.05, 0) is 29.5 Å². The predicted octanol–water partition coefficient (Wildman–Crippen LogP) is 2.60. The minimum absolute atomic E-state index is 0.0350. The van der Waals surface area contributed by atoms with Crippen LogP contribution in [-0.4, -0.2) is 35.1 Å². The second-order valence-electron chi connectivity index (χ2n) is 7.72. The Morgan fingerprint density at radius 1 is 1.11 bits per heavy atom. The van der Waals surface area contributed by atoms with E-state index in [4.69, 9.17) is 5.73 Å². The molecule has 0 aromatic heterocycles. The number of hydrogen-bond donors (Lipinski definition) is 3. The molecule has 0 saturated carbocycles. The number of nitrogens with one attached hydrogen (secondary N) is 1. The van der Waals surface area contributed by atoms with Crippen molar-refractivity contribution in [3.05, 3.63) is 71.3 Å². The number of nitrogens with two attached hydrogens (primary N) is 1. The lowest BCUT2D eigenvalue weighted by atomic mass is 9.94. The minimum atomic E-state index is -0.323. The maximum Gasteiger partial charge on any atom is 0.225 e. The highest BCUT2D eigenvalue weighted by Crippen LogP contribution is 2.20. The van der Waals surface area contributed by atoms with Crippen LogP contribution in [0.2, 0.25) is 0 Å². The predicted molar refractivity (Wildman–Crippen MR) is 111 cm³/mol. The van der Waals surface area contributed by atoms with E-state index in [1.807, 2.05) is 49.4 Å². The lowest BCUT2D eigenvalue weighted by Crippen LogP contribution is -2.36. The van der Waals surface area contributed by atoms with Crippen LogP contribution in [0.25, 0.3) is 0 Å². The van der Waals surface area contributed by atoms with E-state index in [-0.39, 0.29) is 24.0 Å². The standard InChI is InChI=1S/C23H31N3O2/c1-17(22(24)18-7-3-2-4-8-18)23(28)25-15-19-9-5-6-10-20(19)16-26-13-11-21(27)12-14-26/h2-10,17,21-22,27H,11-16,24H2,1H3,(H,25,28). The molecule has 3 rings (SSSR count). The number of carbonyl (C=O) groups is 1. The number of likely N-dealkylation sites (tertiary alicyclic amines) is 1. The molecule has 1 heterocycles. The van der Waals surface area contributed by atoms with Crippen LogP contribution in [0, 0.1) is 5.92 Å². The smallest absolute Gasteiger partial charge is 0.225 e. The first-order chi connectivity index (χ1) is 13.5. The Morgan fingerprint density at radius 2 is 1.71 bits per heavy atom. The van der Waals surface area contributed by atoms with Crippen LogP contribution < -0.4 is 11.1 Å². The summed E-state index contributed by atoms with van der Waals surface area (Å²) >= 11 is 0. The summed E-state index contributed by atoms with van der Waals surface area (Å²) in [7, 11) is 0. The molecule has 0 aliphatic carbocycles. The first kappa shape index (κ1) is 20.5. The van der Waals surface area contributed by atoms with Crippen molar-refractivity contribution in [2.24, 2.45) is 11.7 Å². The Balaban J connectivity index is 1.57. The maximum atomic E-state index is 12.6. The van der Waals surface area contributed by atoms with E-state index < -0.39 is 0 Å². The highest BCUT2D eigenvalue weighted by Gasteiger charge is 2.22. The van der Waals surface area contributed by atoms with E-state index in [1.165, 1.54) is 5.56 Å². The van der Waals surface area contributed by atoms with Gasteiger partial charge in [-0.2, -0.15) is 0 Å². The molecule has 0 radical (unpaired) electrons. The monoisotopic (exact) mass is 381 g/mol. The highest BCUT2D eigenvalue weighted by atomic mass is 16.3. The minimum Gasteiger partial charge on any atom is -0.393 e. The fourth-order valence-electron chi connectivity index (χ4n) is 3.67. The lowest BCUT2D eigenvalue weighted by molar-refractivity contribution is -0.125. The Hall–Kier alpha value is -2.21. The SMILES string of the molecule is CC(C(=O)NCc1ccccc1CN1CCC(O)CC1)C(N)c1ccccc1. The molecule has 2 unspecified atom stereocenters. The number of benzene rings is 2. The van der Waals surface area contributed by atoms with Gasteiger partial charge in [0.05, 0.1) is 12.0 Å². The molecule has 5 nitrogen and oxygen atoms in total. The molecule has 0 spiro atoms. The van der Waals surface area contributed by atoms with Gasteiger partial charge in [0.15, 0.2) is 0 Å². The highest BCUT2D eigenvalue weighted by molar-refractivity contribution is 5.79. The zero-order valence-electron chi connectivity index (χ0n) is 16.6. The number of nitrogens with zero attached hydrogens (tertiary/aromatic N) is 1. The van der Waals surface area contributed by atoms with E-state index in [0.717, 1.165) is 43.6 Å².